The summed E-state index contributed by atoms with van der Waals surface area (Å²) in [6.45, 7) is 5.49. The van der Waals surface area contributed by atoms with Crippen LogP contribution in [-0.4, -0.2) is 70.0 Å². The number of amides is 1. The fourth-order valence-electron chi connectivity index (χ4n) is 4.13. The number of fused-ring (bicyclic) bond motifs is 1. The van der Waals surface area contributed by atoms with Crippen molar-refractivity contribution in [2.45, 2.75) is 6.42 Å². The molecule has 33 heavy (non-hydrogen) atoms. The molecule has 0 radical (unpaired) electrons. The number of thiazole rings is 1. The van der Waals surface area contributed by atoms with Crippen LogP contribution in [0.5, 0.6) is 0 Å². The molecule has 0 unspecified atom stereocenters. The summed E-state index contributed by atoms with van der Waals surface area (Å²) in [6.07, 6.45) is 2.73. The zero-order valence-electron chi connectivity index (χ0n) is 18.4. The zero-order chi connectivity index (χ0) is 22.9. The number of nitrogens with zero attached hydrogens (tertiary/aromatic N) is 5. The molecule has 1 aliphatic rings. The third-order valence-corrected chi connectivity index (χ3v) is 7.37. The van der Waals surface area contributed by atoms with Gasteiger partial charge in [0.25, 0.3) is 5.91 Å². The molecule has 7 nitrogen and oxygen atoms in total. The molecule has 0 atom stereocenters. The van der Waals surface area contributed by atoms with E-state index in [1.54, 1.807) is 18.5 Å². The van der Waals surface area contributed by atoms with Crippen molar-refractivity contribution in [3.05, 3.63) is 64.3 Å². The molecule has 0 spiro atoms. The molecule has 170 valence electrons. The van der Waals surface area contributed by atoms with Crippen molar-refractivity contribution in [1.29, 1.82) is 0 Å². The molecule has 2 aromatic carbocycles. The molecule has 1 saturated heterocycles. The van der Waals surface area contributed by atoms with Crippen molar-refractivity contribution in [3.8, 4) is 16.4 Å². The predicted octanol–water partition coefficient (Wildman–Crippen LogP) is 3.69. The van der Waals surface area contributed by atoms with Crippen LogP contribution in [0.3, 0.4) is 0 Å². The number of nitrogens with two attached hydrogens (primary N) is 1. The number of rotatable bonds is 6. The SMILES string of the molecule is CN1CCN(CCc2ccc3ncn(-c4nc(-c5cccc(Cl)c5)c(C(N)=O)s4)c3c2)CC1. The third-order valence-electron chi connectivity index (χ3n) is 6.07. The van der Waals surface area contributed by atoms with E-state index in [1.807, 2.05) is 22.8 Å². The van der Waals surface area contributed by atoms with E-state index in [9.17, 15) is 4.79 Å². The van der Waals surface area contributed by atoms with Gasteiger partial charge in [0.1, 0.15) is 11.2 Å². The quantitative estimate of drug-likeness (QED) is 0.455. The average Bonchev–Trinajstić information content (AvgIpc) is 3.43. The van der Waals surface area contributed by atoms with Crippen LogP contribution in [0.15, 0.2) is 48.8 Å². The molecular weight excluding hydrogens is 456 g/mol. The molecule has 1 aliphatic heterocycles. The smallest absolute Gasteiger partial charge is 0.261 e. The molecule has 0 aliphatic carbocycles. The van der Waals surface area contributed by atoms with Gasteiger partial charge in [-0.3, -0.25) is 9.36 Å². The molecule has 9 heteroatoms. The number of benzene rings is 2. The van der Waals surface area contributed by atoms with Crippen molar-refractivity contribution >= 4 is 39.9 Å². The van der Waals surface area contributed by atoms with Gasteiger partial charge >= 0.3 is 0 Å². The fourth-order valence-corrected chi connectivity index (χ4v) is 5.24. The van der Waals surface area contributed by atoms with Gasteiger partial charge in [-0.15, -0.1) is 0 Å². The summed E-state index contributed by atoms with van der Waals surface area (Å²) in [5, 5.41) is 1.23. The van der Waals surface area contributed by atoms with Gasteiger partial charge in [-0.25, -0.2) is 9.97 Å². The molecule has 3 heterocycles. The lowest BCUT2D eigenvalue weighted by Crippen LogP contribution is -2.45. The second-order valence-electron chi connectivity index (χ2n) is 8.38. The first-order valence-corrected chi connectivity index (χ1v) is 12.1. The second-order valence-corrected chi connectivity index (χ2v) is 9.80. The molecule has 1 amide bonds. The first-order chi connectivity index (χ1) is 16.0. The molecule has 0 bridgehead atoms. The van der Waals surface area contributed by atoms with E-state index in [4.69, 9.17) is 22.3 Å². The van der Waals surface area contributed by atoms with Crippen LogP contribution >= 0.6 is 22.9 Å². The van der Waals surface area contributed by atoms with Gasteiger partial charge in [0.05, 0.1) is 16.7 Å². The van der Waals surface area contributed by atoms with Crippen LogP contribution in [0, 0.1) is 0 Å². The third kappa shape index (κ3) is 4.65. The molecule has 2 N–H and O–H groups in total. The number of likely N-dealkylation sites (N-methyl/N-ethyl adjacent to an activating group) is 1. The second kappa shape index (κ2) is 9.23. The van der Waals surface area contributed by atoms with Crippen molar-refractivity contribution < 1.29 is 4.79 Å². The lowest BCUT2D eigenvalue weighted by atomic mass is 10.1. The van der Waals surface area contributed by atoms with Crippen molar-refractivity contribution in [3.63, 3.8) is 0 Å². The van der Waals surface area contributed by atoms with Crippen LogP contribution in [0.1, 0.15) is 15.2 Å². The van der Waals surface area contributed by atoms with Gasteiger partial charge in [0.2, 0.25) is 0 Å². The van der Waals surface area contributed by atoms with Gasteiger partial charge in [-0.1, -0.05) is 41.1 Å². The Morgan fingerprint density at radius 3 is 2.73 bits per heavy atom. The van der Waals surface area contributed by atoms with Crippen molar-refractivity contribution in [1.82, 2.24) is 24.3 Å². The standard InChI is InChI=1S/C24H25ClN6OS/c1-29-9-11-30(12-10-29)8-7-16-5-6-19-20(13-16)31(15-27-19)24-28-21(22(33-24)23(26)32)17-3-2-4-18(25)14-17/h2-6,13-15H,7-12H2,1H3,(H2,26,32). The summed E-state index contributed by atoms with van der Waals surface area (Å²) in [6, 6.07) is 13.6. The summed E-state index contributed by atoms with van der Waals surface area (Å²) in [7, 11) is 2.17. The number of halogens is 1. The van der Waals surface area contributed by atoms with Gasteiger partial charge in [0.15, 0.2) is 5.13 Å². The highest BCUT2D eigenvalue weighted by molar-refractivity contribution is 7.16. The normalized spacial score (nSPS) is 15.3. The van der Waals surface area contributed by atoms with Crippen molar-refractivity contribution in [2.24, 2.45) is 5.73 Å². The highest BCUT2D eigenvalue weighted by atomic mass is 35.5. The maximum absolute atomic E-state index is 12.2. The minimum atomic E-state index is -0.508. The summed E-state index contributed by atoms with van der Waals surface area (Å²) in [5.41, 5.74) is 10.1. The van der Waals surface area contributed by atoms with Gasteiger partial charge in [-0.2, -0.15) is 0 Å². The number of primary amides is 1. The van der Waals surface area contributed by atoms with E-state index in [0.29, 0.717) is 20.7 Å². The highest BCUT2D eigenvalue weighted by Crippen LogP contribution is 2.32. The maximum atomic E-state index is 12.2. The lowest BCUT2D eigenvalue weighted by molar-refractivity contribution is 0.100. The van der Waals surface area contributed by atoms with E-state index < -0.39 is 5.91 Å². The number of hydrogen-bond acceptors (Lipinski definition) is 6. The van der Waals surface area contributed by atoms with Crippen LogP contribution in [0.25, 0.3) is 27.4 Å². The van der Waals surface area contributed by atoms with Crippen LogP contribution in [-0.2, 0) is 6.42 Å². The van der Waals surface area contributed by atoms with Gasteiger partial charge in [0, 0.05) is 43.3 Å². The number of carbonyl (C=O) groups is 1. The van der Waals surface area contributed by atoms with E-state index in [1.165, 1.54) is 16.9 Å². The van der Waals surface area contributed by atoms with Crippen LogP contribution in [0.4, 0.5) is 0 Å². The first kappa shape index (κ1) is 22.0. The number of piperazine rings is 1. The Morgan fingerprint density at radius 1 is 1.15 bits per heavy atom. The Bertz CT molecular complexity index is 1310. The molecule has 2 aromatic heterocycles. The highest BCUT2D eigenvalue weighted by Gasteiger charge is 2.20. The lowest BCUT2D eigenvalue weighted by Gasteiger charge is -2.32. The Kier molecular flexibility index (Phi) is 6.16. The molecule has 0 saturated carbocycles. The Balaban J connectivity index is 1.45. The van der Waals surface area contributed by atoms with E-state index in [0.717, 1.165) is 55.7 Å². The van der Waals surface area contributed by atoms with E-state index >= 15 is 0 Å². The van der Waals surface area contributed by atoms with E-state index in [2.05, 4.69) is 34.0 Å². The molecule has 4 aromatic rings. The summed E-state index contributed by atoms with van der Waals surface area (Å²) >= 11 is 7.42. The minimum absolute atomic E-state index is 0.403. The fraction of sp³-hybridized carbons (Fsp3) is 0.292. The minimum Gasteiger partial charge on any atom is -0.365 e. The van der Waals surface area contributed by atoms with Crippen LogP contribution in [0.2, 0.25) is 5.02 Å². The first-order valence-electron chi connectivity index (χ1n) is 10.9. The van der Waals surface area contributed by atoms with Gasteiger partial charge < -0.3 is 15.5 Å². The topological polar surface area (TPSA) is 80.3 Å². The number of hydrogen-bond donors (Lipinski definition) is 1. The average molecular weight is 481 g/mol. The van der Waals surface area contributed by atoms with E-state index in [-0.39, 0.29) is 0 Å². The number of carbonyl (C=O) groups excluding carboxylic acids is 1. The summed E-state index contributed by atoms with van der Waals surface area (Å²) < 4.78 is 1.93. The monoisotopic (exact) mass is 480 g/mol. The Hall–Kier alpha value is -2.78. The molecule has 5 rings (SSSR count). The largest absolute Gasteiger partial charge is 0.365 e. The summed E-state index contributed by atoms with van der Waals surface area (Å²) in [5.74, 6) is -0.508. The maximum Gasteiger partial charge on any atom is 0.261 e. The predicted molar refractivity (Wildman–Crippen MR) is 133 cm³/mol. The van der Waals surface area contributed by atoms with Gasteiger partial charge in [-0.05, 0) is 43.3 Å². The van der Waals surface area contributed by atoms with Crippen LogP contribution < -0.4 is 5.73 Å². The molecule has 1 fully saturated rings. The number of aromatic nitrogens is 3. The summed E-state index contributed by atoms with van der Waals surface area (Å²) in [4.78, 5) is 26.7. The Labute approximate surface area is 201 Å². The number of imidazole rings is 1. The zero-order valence-corrected chi connectivity index (χ0v) is 19.9. The van der Waals surface area contributed by atoms with Crippen molar-refractivity contribution in [2.75, 3.05) is 39.8 Å². The molecular formula is C24H25ClN6OS. The Morgan fingerprint density at radius 2 is 1.97 bits per heavy atom.